The van der Waals surface area contributed by atoms with Crippen LogP contribution >= 0.6 is 11.3 Å². The van der Waals surface area contributed by atoms with Gasteiger partial charge in [-0.15, -0.1) is 16.4 Å². The third-order valence-electron chi connectivity index (χ3n) is 2.82. The molecule has 1 aromatic carbocycles. The summed E-state index contributed by atoms with van der Waals surface area (Å²) in [4.78, 5) is 0. The van der Waals surface area contributed by atoms with Crippen molar-refractivity contribution in [2.75, 3.05) is 0 Å². The fourth-order valence-corrected chi connectivity index (χ4v) is 2.54. The molecule has 3 aromatic rings. The number of fused-ring (bicyclic) bond motifs is 1. The molecule has 4 nitrogen and oxygen atoms in total. The highest BCUT2D eigenvalue weighted by Gasteiger charge is 2.20. The summed E-state index contributed by atoms with van der Waals surface area (Å²) in [5.74, 6) is 0. The van der Waals surface area contributed by atoms with Crippen molar-refractivity contribution in [3.8, 4) is 5.69 Å². The number of nitrogens with zero attached hydrogens (tertiary/aromatic N) is 3. The fraction of sp³-hybridized carbons (Fsp3) is 0.231. The second-order valence-corrected chi connectivity index (χ2v) is 5.70. The summed E-state index contributed by atoms with van der Waals surface area (Å²) in [5.41, 5.74) is 0.543. The summed E-state index contributed by atoms with van der Waals surface area (Å²) in [5, 5.41) is 21.2. The largest absolute Gasteiger partial charge is 0.384 e. The molecule has 18 heavy (non-hydrogen) atoms. The van der Waals surface area contributed by atoms with Crippen LogP contribution in [0.25, 0.3) is 15.8 Å². The highest BCUT2D eigenvalue weighted by atomic mass is 32.1. The van der Waals surface area contributed by atoms with Gasteiger partial charge in [-0.05, 0) is 48.9 Å². The summed E-state index contributed by atoms with van der Waals surface area (Å²) in [6.07, 6.45) is 1.76. The number of thiophene rings is 1. The van der Waals surface area contributed by atoms with Crippen molar-refractivity contribution in [2.45, 2.75) is 19.4 Å². The van der Waals surface area contributed by atoms with E-state index >= 15 is 0 Å². The zero-order valence-electron chi connectivity index (χ0n) is 10.2. The smallest absolute Gasteiger partial charge is 0.114 e. The maximum atomic E-state index is 9.87. The van der Waals surface area contributed by atoms with Crippen molar-refractivity contribution < 1.29 is 5.11 Å². The summed E-state index contributed by atoms with van der Waals surface area (Å²) in [6.45, 7) is 3.40. The molecular formula is C13H13N3OS. The average Bonchev–Trinajstić information content (AvgIpc) is 2.96. The molecule has 1 N–H and O–H groups in total. The second-order valence-electron chi connectivity index (χ2n) is 4.75. The standard InChI is InChI=1S/C13H13N3OS/c1-13(2,17)12-8-16(15-14-12)10-3-4-11-9(7-10)5-6-18-11/h3-8,17H,1-2H3. The monoisotopic (exact) mass is 259 g/mol. The van der Waals surface area contributed by atoms with Gasteiger partial charge in [-0.2, -0.15) is 0 Å². The van der Waals surface area contributed by atoms with Gasteiger partial charge in [0.05, 0.1) is 11.9 Å². The molecule has 0 bridgehead atoms. The Hall–Kier alpha value is -1.72. The lowest BCUT2D eigenvalue weighted by molar-refractivity contribution is 0.0737. The SMILES string of the molecule is CC(C)(O)c1cn(-c2ccc3sccc3c2)nn1. The molecule has 0 aliphatic carbocycles. The number of hydrogen-bond acceptors (Lipinski definition) is 4. The van der Waals surface area contributed by atoms with E-state index in [4.69, 9.17) is 0 Å². The molecule has 0 saturated heterocycles. The van der Waals surface area contributed by atoms with Crippen LogP contribution in [0, 0.1) is 0 Å². The Bertz CT molecular complexity index is 693. The number of benzene rings is 1. The van der Waals surface area contributed by atoms with Crippen molar-refractivity contribution in [2.24, 2.45) is 0 Å². The van der Waals surface area contributed by atoms with Crippen molar-refractivity contribution in [3.63, 3.8) is 0 Å². The van der Waals surface area contributed by atoms with E-state index < -0.39 is 5.60 Å². The molecule has 3 rings (SSSR count). The van der Waals surface area contributed by atoms with Crippen LogP contribution in [0.1, 0.15) is 19.5 Å². The van der Waals surface area contributed by atoms with Crippen LogP contribution in [-0.2, 0) is 5.60 Å². The Morgan fingerprint density at radius 2 is 2.11 bits per heavy atom. The maximum Gasteiger partial charge on any atom is 0.114 e. The quantitative estimate of drug-likeness (QED) is 0.770. The second kappa shape index (κ2) is 3.90. The Labute approximate surface area is 108 Å². The molecule has 0 radical (unpaired) electrons. The minimum absolute atomic E-state index is 0.563. The lowest BCUT2D eigenvalue weighted by atomic mass is 10.1. The molecular weight excluding hydrogens is 246 g/mol. The first-order valence-electron chi connectivity index (χ1n) is 5.67. The van der Waals surface area contributed by atoms with Crippen LogP contribution in [0.2, 0.25) is 0 Å². The third-order valence-corrected chi connectivity index (χ3v) is 3.72. The first kappa shape index (κ1) is 11.4. The van der Waals surface area contributed by atoms with E-state index in [-0.39, 0.29) is 0 Å². The number of rotatable bonds is 2. The lowest BCUT2D eigenvalue weighted by Gasteiger charge is -2.11. The first-order chi connectivity index (χ1) is 8.54. The zero-order valence-corrected chi connectivity index (χ0v) is 11.0. The van der Waals surface area contributed by atoms with E-state index in [1.807, 2.05) is 6.07 Å². The molecule has 92 valence electrons. The zero-order chi connectivity index (χ0) is 12.8. The van der Waals surface area contributed by atoms with Gasteiger partial charge in [-0.1, -0.05) is 5.21 Å². The van der Waals surface area contributed by atoms with E-state index in [1.54, 1.807) is 36.1 Å². The first-order valence-corrected chi connectivity index (χ1v) is 6.55. The summed E-state index contributed by atoms with van der Waals surface area (Å²) < 4.78 is 2.94. The molecule has 0 amide bonds. The normalized spacial score (nSPS) is 12.2. The van der Waals surface area contributed by atoms with Crippen molar-refractivity contribution in [1.82, 2.24) is 15.0 Å². The molecule has 2 heterocycles. The molecule has 0 saturated carbocycles. The van der Waals surface area contributed by atoms with E-state index in [1.165, 1.54) is 10.1 Å². The van der Waals surface area contributed by atoms with Gasteiger partial charge >= 0.3 is 0 Å². The summed E-state index contributed by atoms with van der Waals surface area (Å²) >= 11 is 1.72. The number of hydrogen-bond donors (Lipinski definition) is 1. The molecule has 0 spiro atoms. The van der Waals surface area contributed by atoms with Gasteiger partial charge < -0.3 is 5.11 Å². The highest BCUT2D eigenvalue weighted by Crippen LogP contribution is 2.24. The van der Waals surface area contributed by atoms with E-state index in [0.717, 1.165) is 5.69 Å². The van der Waals surface area contributed by atoms with Gasteiger partial charge in [-0.3, -0.25) is 0 Å². The highest BCUT2D eigenvalue weighted by molar-refractivity contribution is 7.17. The van der Waals surface area contributed by atoms with Gasteiger partial charge in [0.2, 0.25) is 0 Å². The summed E-state index contributed by atoms with van der Waals surface area (Å²) in [7, 11) is 0. The Morgan fingerprint density at radius 1 is 1.28 bits per heavy atom. The summed E-state index contributed by atoms with van der Waals surface area (Å²) in [6, 6.07) is 8.22. The van der Waals surface area contributed by atoms with Crippen LogP contribution in [0.3, 0.4) is 0 Å². The average molecular weight is 259 g/mol. The van der Waals surface area contributed by atoms with E-state index in [2.05, 4.69) is 33.9 Å². The Balaban J connectivity index is 2.06. The Morgan fingerprint density at radius 3 is 2.83 bits per heavy atom. The van der Waals surface area contributed by atoms with Crippen molar-refractivity contribution in [1.29, 1.82) is 0 Å². The van der Waals surface area contributed by atoms with Gasteiger partial charge in [-0.25, -0.2) is 4.68 Å². The van der Waals surface area contributed by atoms with E-state index in [0.29, 0.717) is 5.69 Å². The van der Waals surface area contributed by atoms with Gasteiger partial charge in [0, 0.05) is 4.70 Å². The molecule has 0 aliphatic heterocycles. The maximum absolute atomic E-state index is 9.87. The van der Waals surface area contributed by atoms with Gasteiger partial charge in [0.25, 0.3) is 0 Å². The van der Waals surface area contributed by atoms with Crippen LogP contribution in [0.15, 0.2) is 35.8 Å². The number of aliphatic hydroxyl groups is 1. The lowest BCUT2D eigenvalue weighted by Crippen LogP contribution is -2.15. The predicted octanol–water partition coefficient (Wildman–Crippen LogP) is 2.71. The molecule has 0 unspecified atom stereocenters. The fourth-order valence-electron chi connectivity index (χ4n) is 1.77. The molecule has 0 fully saturated rings. The predicted molar refractivity (Wildman–Crippen MR) is 72.0 cm³/mol. The molecule has 0 aliphatic rings. The van der Waals surface area contributed by atoms with Crippen molar-refractivity contribution in [3.05, 3.63) is 41.5 Å². The molecule has 0 atom stereocenters. The molecule has 5 heteroatoms. The minimum atomic E-state index is -0.968. The minimum Gasteiger partial charge on any atom is -0.384 e. The van der Waals surface area contributed by atoms with Gasteiger partial charge in [0.15, 0.2) is 0 Å². The van der Waals surface area contributed by atoms with Crippen molar-refractivity contribution >= 4 is 21.4 Å². The molecule has 2 aromatic heterocycles. The van der Waals surface area contributed by atoms with Crippen LogP contribution in [0.5, 0.6) is 0 Å². The van der Waals surface area contributed by atoms with Crippen LogP contribution in [0.4, 0.5) is 0 Å². The number of aromatic nitrogens is 3. The van der Waals surface area contributed by atoms with E-state index in [9.17, 15) is 5.11 Å². The van der Waals surface area contributed by atoms with Crippen LogP contribution in [-0.4, -0.2) is 20.1 Å². The Kier molecular flexibility index (Phi) is 2.46. The third kappa shape index (κ3) is 1.91. The van der Waals surface area contributed by atoms with Gasteiger partial charge in [0.1, 0.15) is 11.3 Å². The van der Waals surface area contributed by atoms with Crippen LogP contribution < -0.4 is 0 Å². The topological polar surface area (TPSA) is 50.9 Å².